The van der Waals surface area contributed by atoms with Gasteiger partial charge in [0.15, 0.2) is 0 Å². The normalized spacial score (nSPS) is 11.9. The Bertz CT molecular complexity index is 9450. The van der Waals surface area contributed by atoms with Crippen molar-refractivity contribution >= 4 is 75.9 Å². The minimum Gasteiger partial charge on any atom is -0.416 e. The van der Waals surface area contributed by atoms with Crippen molar-refractivity contribution in [2.45, 2.75) is 26.2 Å². The van der Waals surface area contributed by atoms with E-state index in [9.17, 15) is 0 Å². The van der Waals surface area contributed by atoms with Gasteiger partial charge in [0, 0.05) is 122 Å². The topological polar surface area (TPSA) is 87.4 Å². The third-order valence-electron chi connectivity index (χ3n) is 29.0. The summed E-state index contributed by atoms with van der Waals surface area (Å²) in [6.45, 7) is 6.62. The number of fused-ring (bicyclic) bond motifs is 15. The molecule has 0 radical (unpaired) electrons. The van der Waals surface area contributed by atoms with E-state index in [1.807, 2.05) is 0 Å². The number of aromatic nitrogens is 7. The Kier molecular flexibility index (Phi) is 20.0. The molecule has 143 heavy (non-hydrogen) atoms. The number of hydrogen-bond acceptors (Lipinski definition) is 6. The van der Waals surface area contributed by atoms with Crippen LogP contribution in [0.2, 0.25) is 0 Å². The largest absolute Gasteiger partial charge is 0.416 e. The zero-order valence-corrected chi connectivity index (χ0v) is 78.7. The predicted octanol–water partition coefficient (Wildman–Crippen LogP) is 35.9. The molecule has 670 valence electrons. The molecule has 0 N–H and O–H groups in total. The van der Waals surface area contributed by atoms with E-state index in [2.05, 4.69) is 525 Å². The van der Waals surface area contributed by atoms with Gasteiger partial charge < -0.3 is 13.6 Å². The van der Waals surface area contributed by atoms with E-state index in [-0.39, 0.29) is 5.41 Å². The maximum Gasteiger partial charge on any atom is 0.248 e. The van der Waals surface area contributed by atoms with Gasteiger partial charge in [-0.1, -0.05) is 439 Å². The van der Waals surface area contributed by atoms with E-state index in [4.69, 9.17) is 19.4 Å². The van der Waals surface area contributed by atoms with Crippen LogP contribution in [0.3, 0.4) is 0 Å². The summed E-state index contributed by atoms with van der Waals surface area (Å²) >= 11 is 0. The number of rotatable bonds is 13. The second kappa shape index (κ2) is 34.2. The van der Waals surface area contributed by atoms with E-state index < -0.39 is 0 Å². The molecular weight excluding hydrogens is 1740 g/mol. The molecule has 0 amide bonds. The van der Waals surface area contributed by atoms with Gasteiger partial charge in [-0.05, 0) is 160 Å². The maximum absolute atomic E-state index is 6.19. The first-order valence-corrected chi connectivity index (χ1v) is 49.0. The van der Waals surface area contributed by atoms with Crippen LogP contribution in [0.25, 0.3) is 278 Å². The molecule has 0 spiro atoms. The minimum atomic E-state index is 0.0769. The average molecular weight is 1830 g/mol. The molecule has 3 aliphatic carbocycles. The maximum atomic E-state index is 6.19. The highest BCUT2D eigenvalue weighted by atomic mass is 16.4. The molecule has 3 aliphatic rings. The van der Waals surface area contributed by atoms with Gasteiger partial charge in [0.2, 0.25) is 11.8 Å². The van der Waals surface area contributed by atoms with Gasteiger partial charge in [-0.3, -0.25) is 0 Å². The molecule has 8 heteroatoms. The summed E-state index contributed by atoms with van der Waals surface area (Å²) < 4.78 is 11.0. The summed E-state index contributed by atoms with van der Waals surface area (Å²) in [5, 5.41) is 21.4. The summed E-state index contributed by atoms with van der Waals surface area (Å²) in [6.07, 6.45) is 0. The average Bonchev–Trinajstić information content (AvgIpc) is 1.56. The molecule has 8 nitrogen and oxygen atoms in total. The SMILES string of the molecule is CC(C)(C)c1ccc(-c2nnc(-c3ccc(-c4nc(-c5ccccc5)c5c(c4-c4ccccc4)-c4cccc6cccc-5c46)cc3)o2)cc1.c1ccc(-c2nc(-c3cccc(-n4c5ccccc5c5ccccc54)c3)c(-c3ccccc3)c3c2-c2cccc4cccc-3c24)cc1.c1ccc(-c2nc(-c3ccccc3-n3c4ccccc4c4ccccc43)c(-c3ccccc3)c3c2-c2cccc4cccc-3c24)cc1. The molecule has 0 saturated heterocycles. The molecule has 0 saturated carbocycles. The lowest BCUT2D eigenvalue weighted by atomic mass is 9.87. The van der Waals surface area contributed by atoms with Crippen molar-refractivity contribution in [1.29, 1.82) is 0 Å². The molecule has 0 fully saturated rings. The van der Waals surface area contributed by atoms with Gasteiger partial charge in [-0.2, -0.15) is 0 Å². The summed E-state index contributed by atoms with van der Waals surface area (Å²) in [6, 6.07) is 173. The van der Waals surface area contributed by atoms with Crippen LogP contribution in [0.1, 0.15) is 26.3 Å². The van der Waals surface area contributed by atoms with Crippen LogP contribution in [-0.4, -0.2) is 34.3 Å². The highest BCUT2D eigenvalue weighted by Gasteiger charge is 2.37. The number of benzene rings is 20. The first-order valence-electron chi connectivity index (χ1n) is 49.0. The quantitative estimate of drug-likeness (QED) is 0.114. The standard InChI is InChI=1S/C45H33N3O.2C45H28N2/c1-45(2,3)34-26-24-33(25-27-34)44-48-47-43(49-44)32-22-20-31(21-23-32)41-38(29-12-6-4-7-13-29)39-35-18-10-16-28-17-11-19-36(37(28)35)40(39)42(46-41)30-14-8-5-9-15-30;1-3-15-30(16-4-1)41-42-35-24-13-19-29-20-14-25-36(40(29)35)43(42)44(31-17-5-2-6-18-31)46-45(41)34-23-9-12-28-39(34)47-37-26-10-7-21-32(37)33-22-8-11-27-38(33)47;1-3-14-30(15-4-1)41-42-36-24-12-18-29-19-13-25-37(40(29)36)43(42)44(31-16-5-2-6-17-31)46-45(41)32-20-11-21-33(28-32)47-38-26-9-7-22-34(38)35-23-8-10-27-39(35)47/h4-27H,1-3H3;2*1-28H. The lowest BCUT2D eigenvalue weighted by Gasteiger charge is -2.21. The van der Waals surface area contributed by atoms with Crippen LogP contribution < -0.4 is 0 Å². The van der Waals surface area contributed by atoms with Crippen molar-refractivity contribution in [2.24, 2.45) is 0 Å². The predicted molar refractivity (Wildman–Crippen MR) is 594 cm³/mol. The van der Waals surface area contributed by atoms with Crippen LogP contribution in [-0.2, 0) is 5.41 Å². The van der Waals surface area contributed by atoms with Crippen molar-refractivity contribution < 1.29 is 4.42 Å². The highest BCUT2D eigenvalue weighted by Crippen LogP contribution is 2.61. The van der Waals surface area contributed by atoms with Gasteiger partial charge in [-0.25, -0.2) is 15.0 Å². The molecule has 6 aromatic heterocycles. The Morgan fingerprint density at radius 3 is 0.839 bits per heavy atom. The number of pyridine rings is 3. The van der Waals surface area contributed by atoms with Crippen molar-refractivity contribution in [3.05, 3.63) is 491 Å². The molecule has 20 aromatic carbocycles. The van der Waals surface area contributed by atoms with Crippen LogP contribution in [0.15, 0.2) is 490 Å². The van der Waals surface area contributed by atoms with Crippen LogP contribution in [0, 0.1) is 0 Å². The van der Waals surface area contributed by atoms with Crippen molar-refractivity contribution in [2.75, 3.05) is 0 Å². The van der Waals surface area contributed by atoms with E-state index in [0.717, 1.165) is 118 Å². The Labute approximate surface area is 827 Å². The number of hydrogen-bond donors (Lipinski definition) is 0. The van der Waals surface area contributed by atoms with Crippen LogP contribution in [0.5, 0.6) is 0 Å². The third-order valence-corrected chi connectivity index (χ3v) is 29.0. The van der Waals surface area contributed by atoms with Gasteiger partial charge in [0.25, 0.3) is 0 Å². The zero-order chi connectivity index (χ0) is 94.9. The summed E-state index contributed by atoms with van der Waals surface area (Å²) in [4.78, 5) is 17.0. The monoisotopic (exact) mass is 1820 g/mol. The first-order chi connectivity index (χ1) is 70.7. The van der Waals surface area contributed by atoms with Crippen molar-refractivity contribution in [1.82, 2.24) is 34.3 Å². The fourth-order valence-corrected chi connectivity index (χ4v) is 22.7. The first kappa shape index (κ1) is 83.7. The number of para-hydroxylation sites is 5. The molecular formula is C135H89N7O. The lowest BCUT2D eigenvalue weighted by Crippen LogP contribution is -2.10. The fourth-order valence-electron chi connectivity index (χ4n) is 22.7. The molecule has 6 heterocycles. The minimum absolute atomic E-state index is 0.0769. The third kappa shape index (κ3) is 13.9. The molecule has 0 bridgehead atoms. The summed E-state index contributed by atoms with van der Waals surface area (Å²) in [5.41, 5.74) is 44.3. The number of nitrogens with zero attached hydrogens (tertiary/aromatic N) is 7. The van der Waals surface area contributed by atoms with Gasteiger partial charge >= 0.3 is 0 Å². The molecule has 0 unspecified atom stereocenters. The van der Waals surface area contributed by atoms with Gasteiger partial charge in [-0.15, -0.1) is 10.2 Å². The van der Waals surface area contributed by atoms with Gasteiger partial charge in [0.1, 0.15) is 0 Å². The Morgan fingerprint density at radius 2 is 0.462 bits per heavy atom. The molecule has 29 rings (SSSR count). The molecule has 26 aromatic rings. The van der Waals surface area contributed by atoms with E-state index in [0.29, 0.717) is 11.8 Å². The van der Waals surface area contributed by atoms with Gasteiger partial charge in [0.05, 0.1) is 61.9 Å². The fraction of sp³-hybridized carbons (Fsp3) is 0.0296. The van der Waals surface area contributed by atoms with Crippen molar-refractivity contribution in [3.8, 4) is 202 Å². The second-order valence-corrected chi connectivity index (χ2v) is 38.2. The Morgan fingerprint density at radius 1 is 0.196 bits per heavy atom. The zero-order valence-electron chi connectivity index (χ0n) is 78.7. The highest BCUT2D eigenvalue weighted by molar-refractivity contribution is 6.26. The van der Waals surface area contributed by atoms with Crippen LogP contribution in [0.4, 0.5) is 0 Å². The summed E-state index contributed by atoms with van der Waals surface area (Å²) in [7, 11) is 0. The molecule has 0 atom stereocenters. The Balaban J connectivity index is 0.000000107. The lowest BCUT2D eigenvalue weighted by molar-refractivity contribution is 0.582. The van der Waals surface area contributed by atoms with Crippen molar-refractivity contribution in [3.63, 3.8) is 0 Å². The second-order valence-electron chi connectivity index (χ2n) is 38.2. The summed E-state index contributed by atoms with van der Waals surface area (Å²) in [5.74, 6) is 0.992. The van der Waals surface area contributed by atoms with E-state index in [1.54, 1.807) is 0 Å². The Hall–Kier alpha value is -18.6. The van der Waals surface area contributed by atoms with E-state index >= 15 is 0 Å². The molecule has 0 aliphatic heterocycles. The van der Waals surface area contributed by atoms with Crippen LogP contribution >= 0.6 is 0 Å². The van der Waals surface area contributed by atoms with E-state index in [1.165, 1.54) is 154 Å². The smallest absolute Gasteiger partial charge is 0.248 e.